The largest absolute Gasteiger partial charge is 0 e. The minimum atomic E-state index is 0. The molecule has 0 saturated heterocycles. The second kappa shape index (κ2) is 60.9. The molecular formula is C12H21MoN3O6. The molecule has 0 saturated carbocycles. The topological polar surface area (TPSA) is 121 Å². The predicted molar refractivity (Wildman–Crippen MR) is 71.0 cm³/mol. The van der Waals surface area contributed by atoms with Gasteiger partial charge in [0.25, 0.3) is 0 Å². The van der Waals surface area contributed by atoms with Crippen molar-refractivity contribution in [3.05, 3.63) is 20.0 Å². The molecule has 9 nitrogen and oxygen atoms in total. The standard InChI is InChI=1S/3C3H7NO.3CO.Mo/c3*1-4(2)3-5;3*1-2;/h3*3H,1-2H3;;;;. The van der Waals surface area contributed by atoms with Crippen molar-refractivity contribution in [1.29, 1.82) is 0 Å². The molecule has 0 heterocycles. The van der Waals surface area contributed by atoms with Crippen molar-refractivity contribution in [2.45, 2.75) is 0 Å². The Bertz CT molecular complexity index is 223. The summed E-state index contributed by atoms with van der Waals surface area (Å²) < 4.78 is 22.5. The molecular weight excluding hydrogens is 378 g/mol. The molecule has 0 rings (SSSR count). The SMILES string of the molecule is CN(C)C=O.CN(C)C=O.CN(C)C=O.[C-]#[O+].[C-]#[O+].[C-]#[O+].[Mo]. The van der Waals surface area contributed by atoms with Crippen LogP contribution < -0.4 is 0 Å². The summed E-state index contributed by atoms with van der Waals surface area (Å²) in [5.41, 5.74) is 0. The molecule has 0 spiro atoms. The first-order valence-electron chi connectivity index (χ1n) is 4.78. The van der Waals surface area contributed by atoms with Gasteiger partial charge in [-0.1, -0.05) is 0 Å². The Morgan fingerprint density at radius 1 is 0.545 bits per heavy atom. The third-order valence-electron chi connectivity index (χ3n) is 0.632. The molecule has 3 amide bonds. The van der Waals surface area contributed by atoms with E-state index in [1.807, 2.05) is 0 Å². The van der Waals surface area contributed by atoms with Crippen LogP contribution in [0, 0.1) is 20.0 Å². The number of hydrogen-bond acceptors (Lipinski definition) is 3. The van der Waals surface area contributed by atoms with Gasteiger partial charge in [-0.25, -0.2) is 0 Å². The Kier molecular flexibility index (Phi) is 118. The van der Waals surface area contributed by atoms with E-state index in [0.717, 1.165) is 19.2 Å². The molecule has 0 aromatic carbocycles. The van der Waals surface area contributed by atoms with E-state index in [1.165, 1.54) is 14.7 Å². The molecule has 0 radical (unpaired) electrons. The Morgan fingerprint density at radius 3 is 0.591 bits per heavy atom. The molecule has 10 heteroatoms. The summed E-state index contributed by atoms with van der Waals surface area (Å²) in [7, 11) is 10.1. The zero-order chi connectivity index (χ0) is 18.9. The Labute approximate surface area is 146 Å². The van der Waals surface area contributed by atoms with E-state index in [2.05, 4.69) is 20.0 Å². The quantitative estimate of drug-likeness (QED) is 0.262. The normalized spacial score (nSPS) is 4.91. The van der Waals surface area contributed by atoms with E-state index in [4.69, 9.17) is 14.0 Å². The molecule has 0 bridgehead atoms. The molecule has 0 aromatic rings. The fourth-order valence-electron chi connectivity index (χ4n) is 0. The Morgan fingerprint density at radius 2 is 0.591 bits per heavy atom. The van der Waals surface area contributed by atoms with Gasteiger partial charge in [0.1, 0.15) is 0 Å². The van der Waals surface area contributed by atoms with Crippen LogP contribution in [0.1, 0.15) is 0 Å². The Balaban J connectivity index is -0.0000000257. The van der Waals surface area contributed by atoms with Crippen molar-refractivity contribution >= 4 is 19.2 Å². The minimum Gasteiger partial charge on any atom is 0 e. The summed E-state index contributed by atoms with van der Waals surface area (Å²) in [5.74, 6) is 0. The van der Waals surface area contributed by atoms with Gasteiger partial charge in [-0.15, -0.1) is 0 Å². The second-order valence-corrected chi connectivity index (χ2v) is 3.21. The maximum Gasteiger partial charge on any atom is 0 e. The minimum absolute atomic E-state index is 0. The van der Waals surface area contributed by atoms with E-state index < -0.39 is 0 Å². The fraction of sp³-hybridized carbons (Fsp3) is 0.500. The van der Waals surface area contributed by atoms with Gasteiger partial charge in [-0.3, -0.25) is 14.4 Å². The van der Waals surface area contributed by atoms with Crippen molar-refractivity contribution in [2.24, 2.45) is 0 Å². The first kappa shape index (κ1) is 42.7. The van der Waals surface area contributed by atoms with Crippen LogP contribution >= 0.6 is 0 Å². The fourth-order valence-corrected chi connectivity index (χ4v) is 0. The van der Waals surface area contributed by atoms with Crippen molar-refractivity contribution in [3.63, 3.8) is 0 Å². The summed E-state index contributed by atoms with van der Waals surface area (Å²) >= 11 is 0. The van der Waals surface area contributed by atoms with Gasteiger partial charge < -0.3 is 14.7 Å². The Hall–Kier alpha value is -1.68. The van der Waals surface area contributed by atoms with Crippen LogP contribution in [0.15, 0.2) is 0 Å². The average Bonchev–Trinajstić information content (AvgIpc) is 2.54. The van der Waals surface area contributed by atoms with Gasteiger partial charge >= 0.3 is 33.9 Å². The summed E-state index contributed by atoms with van der Waals surface area (Å²) in [6.45, 7) is 13.5. The smallest absolute Gasteiger partial charge is 0 e. The molecule has 0 unspecified atom stereocenters. The molecule has 0 aliphatic heterocycles. The molecule has 0 N–H and O–H groups in total. The van der Waals surface area contributed by atoms with Gasteiger partial charge in [0.2, 0.25) is 19.2 Å². The van der Waals surface area contributed by atoms with Gasteiger partial charge in [-0.2, -0.15) is 0 Å². The number of rotatable bonds is 3. The summed E-state index contributed by atoms with van der Waals surface area (Å²) in [5, 5.41) is 0. The van der Waals surface area contributed by atoms with Gasteiger partial charge in [0.15, 0.2) is 0 Å². The first-order chi connectivity index (χ1) is 9.81. The van der Waals surface area contributed by atoms with Crippen molar-refractivity contribution in [3.8, 4) is 0 Å². The number of amides is 3. The maximum atomic E-state index is 9.43. The predicted octanol–water partition coefficient (Wildman–Crippen LogP) is -1.00. The van der Waals surface area contributed by atoms with Crippen molar-refractivity contribution < 1.29 is 49.4 Å². The van der Waals surface area contributed by atoms with E-state index in [0.29, 0.717) is 0 Å². The number of carbonyl (C=O) groups is 3. The van der Waals surface area contributed by atoms with Gasteiger partial charge in [0.05, 0.1) is 0 Å². The van der Waals surface area contributed by atoms with Crippen molar-refractivity contribution in [2.75, 3.05) is 42.3 Å². The second-order valence-electron chi connectivity index (χ2n) is 3.21. The molecule has 0 aliphatic rings. The molecule has 0 aromatic heterocycles. The monoisotopic (exact) mass is 401 g/mol. The van der Waals surface area contributed by atoms with E-state index >= 15 is 0 Å². The maximum absolute atomic E-state index is 9.43. The van der Waals surface area contributed by atoms with Crippen LogP contribution in [-0.4, -0.2) is 76.2 Å². The van der Waals surface area contributed by atoms with Gasteiger partial charge in [-0.05, 0) is 0 Å². The van der Waals surface area contributed by atoms with Crippen LogP contribution in [0.4, 0.5) is 0 Å². The molecule has 0 atom stereocenters. The van der Waals surface area contributed by atoms with Gasteiger partial charge in [0, 0.05) is 63.4 Å². The number of nitrogens with zero attached hydrogens (tertiary/aromatic N) is 3. The number of carbonyl (C=O) groups excluding carboxylic acids is 3. The van der Waals surface area contributed by atoms with Crippen LogP contribution in [0.5, 0.6) is 0 Å². The van der Waals surface area contributed by atoms with Crippen molar-refractivity contribution in [1.82, 2.24) is 14.7 Å². The van der Waals surface area contributed by atoms with Crippen LogP contribution in [0.2, 0.25) is 0 Å². The van der Waals surface area contributed by atoms with E-state index in [-0.39, 0.29) is 21.1 Å². The average molecular weight is 399 g/mol. The molecule has 126 valence electrons. The van der Waals surface area contributed by atoms with E-state index in [9.17, 15) is 14.4 Å². The summed E-state index contributed by atoms with van der Waals surface area (Å²) in [6, 6.07) is 0. The van der Waals surface area contributed by atoms with E-state index in [1.54, 1.807) is 42.3 Å². The zero-order valence-corrected chi connectivity index (χ0v) is 15.4. The summed E-state index contributed by atoms with van der Waals surface area (Å²) in [4.78, 5) is 32.6. The third-order valence-corrected chi connectivity index (χ3v) is 0.632. The van der Waals surface area contributed by atoms with Crippen LogP contribution in [0.25, 0.3) is 0 Å². The molecule has 22 heavy (non-hydrogen) atoms. The van der Waals surface area contributed by atoms with Crippen LogP contribution in [0.3, 0.4) is 0 Å². The zero-order valence-electron chi connectivity index (χ0n) is 13.4. The third kappa shape index (κ3) is 295. The van der Waals surface area contributed by atoms with Crippen LogP contribution in [-0.2, 0) is 49.4 Å². The molecule has 0 fully saturated rings. The first-order valence-corrected chi connectivity index (χ1v) is 4.78. The molecule has 0 aliphatic carbocycles. The summed E-state index contributed by atoms with van der Waals surface area (Å²) in [6.07, 6.45) is 2.25. The number of hydrogen-bond donors (Lipinski definition) is 0.